The molecule has 0 radical (unpaired) electrons. The average molecular weight is 234 g/mol. The lowest BCUT2D eigenvalue weighted by molar-refractivity contribution is -0.137. The molecule has 0 spiro atoms. The van der Waals surface area contributed by atoms with Crippen molar-refractivity contribution in [2.75, 3.05) is 6.61 Å². The van der Waals surface area contributed by atoms with Gasteiger partial charge in [-0.2, -0.15) is 0 Å². The Morgan fingerprint density at radius 3 is 2.82 bits per heavy atom. The second-order valence-corrected chi connectivity index (χ2v) is 3.80. The molecule has 3 heteroatoms. The Balaban J connectivity index is 2.35. The number of carbonyl (C=O) groups is 1. The summed E-state index contributed by atoms with van der Waals surface area (Å²) in [4.78, 5) is 10.3. The van der Waals surface area contributed by atoms with Crippen LogP contribution in [0.2, 0.25) is 0 Å². The maximum atomic E-state index is 10.3. The number of hydrogen-bond acceptors (Lipinski definition) is 2. The van der Waals surface area contributed by atoms with Crippen molar-refractivity contribution in [2.24, 2.45) is 0 Å². The van der Waals surface area contributed by atoms with Gasteiger partial charge in [-0.25, -0.2) is 0 Å². The normalized spacial score (nSPS) is 9.88. The third-order valence-electron chi connectivity index (χ3n) is 2.38. The molecule has 1 aromatic rings. The fourth-order valence-corrected chi connectivity index (χ4v) is 1.53. The highest BCUT2D eigenvalue weighted by atomic mass is 16.5. The van der Waals surface area contributed by atoms with Crippen molar-refractivity contribution in [1.82, 2.24) is 0 Å². The first-order chi connectivity index (χ1) is 8.24. The van der Waals surface area contributed by atoms with Crippen molar-refractivity contribution in [2.45, 2.75) is 25.7 Å². The zero-order valence-corrected chi connectivity index (χ0v) is 9.89. The predicted molar refractivity (Wildman–Crippen MR) is 67.3 cm³/mol. The third-order valence-corrected chi connectivity index (χ3v) is 2.38. The molecular formula is C14H18O3. The number of carboxylic acid groups (broad SMARTS) is 1. The first-order valence-corrected chi connectivity index (χ1v) is 5.77. The molecule has 17 heavy (non-hydrogen) atoms. The van der Waals surface area contributed by atoms with Crippen LogP contribution in [-0.4, -0.2) is 17.7 Å². The average Bonchev–Trinajstić information content (AvgIpc) is 2.31. The number of carboxylic acids is 1. The summed E-state index contributed by atoms with van der Waals surface area (Å²) < 4.78 is 5.63. The van der Waals surface area contributed by atoms with E-state index in [4.69, 9.17) is 9.84 Å². The summed E-state index contributed by atoms with van der Waals surface area (Å²) in [6.07, 6.45) is 4.24. The Kier molecular flexibility index (Phi) is 5.86. The highest BCUT2D eigenvalue weighted by Gasteiger charge is 2.01. The van der Waals surface area contributed by atoms with Gasteiger partial charge in [0.1, 0.15) is 5.75 Å². The Morgan fingerprint density at radius 1 is 1.35 bits per heavy atom. The lowest BCUT2D eigenvalue weighted by Crippen LogP contribution is -2.01. The number of para-hydroxylation sites is 1. The van der Waals surface area contributed by atoms with Crippen LogP contribution >= 0.6 is 0 Å². The van der Waals surface area contributed by atoms with Gasteiger partial charge in [0.05, 0.1) is 6.61 Å². The van der Waals surface area contributed by atoms with Crippen molar-refractivity contribution >= 4 is 5.97 Å². The largest absolute Gasteiger partial charge is 0.493 e. The first kappa shape index (κ1) is 13.3. The van der Waals surface area contributed by atoms with E-state index in [9.17, 15) is 4.79 Å². The minimum absolute atomic E-state index is 0.206. The van der Waals surface area contributed by atoms with Crippen LogP contribution in [0.25, 0.3) is 0 Å². The van der Waals surface area contributed by atoms with E-state index in [0.29, 0.717) is 13.0 Å². The molecule has 0 unspecified atom stereocenters. The van der Waals surface area contributed by atoms with Crippen LogP contribution in [-0.2, 0) is 11.2 Å². The van der Waals surface area contributed by atoms with Crippen molar-refractivity contribution in [1.29, 1.82) is 0 Å². The van der Waals surface area contributed by atoms with Gasteiger partial charge in [-0.1, -0.05) is 24.3 Å². The molecular weight excluding hydrogens is 216 g/mol. The summed E-state index contributed by atoms with van der Waals surface area (Å²) in [7, 11) is 0. The molecule has 0 aliphatic rings. The van der Waals surface area contributed by atoms with Gasteiger partial charge in [-0.3, -0.25) is 4.79 Å². The van der Waals surface area contributed by atoms with Crippen LogP contribution in [0.15, 0.2) is 36.9 Å². The molecule has 0 amide bonds. The van der Waals surface area contributed by atoms with Crippen LogP contribution in [0.3, 0.4) is 0 Å². The van der Waals surface area contributed by atoms with Gasteiger partial charge in [0.2, 0.25) is 0 Å². The molecule has 0 saturated carbocycles. The van der Waals surface area contributed by atoms with Crippen LogP contribution in [0.1, 0.15) is 24.8 Å². The van der Waals surface area contributed by atoms with E-state index < -0.39 is 5.97 Å². The van der Waals surface area contributed by atoms with Crippen LogP contribution in [0, 0.1) is 0 Å². The summed E-state index contributed by atoms with van der Waals surface area (Å²) in [5, 5.41) is 8.49. The van der Waals surface area contributed by atoms with Gasteiger partial charge in [-0.05, 0) is 30.9 Å². The molecule has 0 fully saturated rings. The van der Waals surface area contributed by atoms with Crippen molar-refractivity contribution in [3.63, 3.8) is 0 Å². The maximum Gasteiger partial charge on any atom is 0.303 e. The van der Waals surface area contributed by atoms with E-state index in [0.717, 1.165) is 24.2 Å². The lowest BCUT2D eigenvalue weighted by Gasteiger charge is -2.09. The van der Waals surface area contributed by atoms with Crippen molar-refractivity contribution in [3.8, 4) is 5.75 Å². The number of benzene rings is 1. The molecule has 0 bridgehead atoms. The third kappa shape index (κ3) is 5.20. The van der Waals surface area contributed by atoms with Gasteiger partial charge >= 0.3 is 5.97 Å². The number of allylic oxidation sites excluding steroid dienone is 1. The van der Waals surface area contributed by atoms with E-state index in [1.807, 2.05) is 30.3 Å². The smallest absolute Gasteiger partial charge is 0.303 e. The number of aliphatic carboxylic acids is 1. The molecule has 1 aromatic carbocycles. The number of rotatable bonds is 8. The summed E-state index contributed by atoms with van der Waals surface area (Å²) in [6, 6.07) is 7.83. The van der Waals surface area contributed by atoms with Crippen molar-refractivity contribution in [3.05, 3.63) is 42.5 Å². The van der Waals surface area contributed by atoms with Gasteiger partial charge in [0.25, 0.3) is 0 Å². The summed E-state index contributed by atoms with van der Waals surface area (Å²) in [5.74, 6) is 0.111. The zero-order chi connectivity index (χ0) is 12.5. The summed E-state index contributed by atoms with van der Waals surface area (Å²) in [6.45, 7) is 4.26. The Labute approximate surface area is 102 Å². The Bertz CT molecular complexity index is 371. The van der Waals surface area contributed by atoms with Gasteiger partial charge in [0.15, 0.2) is 0 Å². The fourth-order valence-electron chi connectivity index (χ4n) is 1.53. The molecule has 1 N–H and O–H groups in total. The minimum atomic E-state index is -0.753. The summed E-state index contributed by atoms with van der Waals surface area (Å²) >= 11 is 0. The molecule has 0 atom stereocenters. The van der Waals surface area contributed by atoms with E-state index in [1.165, 1.54) is 0 Å². The molecule has 92 valence electrons. The van der Waals surface area contributed by atoms with Crippen LogP contribution in [0.5, 0.6) is 5.75 Å². The van der Waals surface area contributed by atoms with Gasteiger partial charge in [0, 0.05) is 6.42 Å². The van der Waals surface area contributed by atoms with Gasteiger partial charge < -0.3 is 9.84 Å². The second kappa shape index (κ2) is 7.49. The molecule has 0 heterocycles. The van der Waals surface area contributed by atoms with E-state index in [2.05, 4.69) is 6.58 Å². The van der Waals surface area contributed by atoms with Crippen LogP contribution < -0.4 is 4.74 Å². The molecule has 3 nitrogen and oxygen atoms in total. The summed E-state index contributed by atoms with van der Waals surface area (Å²) in [5.41, 5.74) is 1.11. The topological polar surface area (TPSA) is 46.5 Å². The van der Waals surface area contributed by atoms with E-state index in [1.54, 1.807) is 0 Å². The quantitative estimate of drug-likeness (QED) is 0.555. The number of unbranched alkanes of at least 4 members (excludes halogenated alkanes) is 1. The SMILES string of the molecule is C=CCc1ccccc1OCCCCC(=O)O. The maximum absolute atomic E-state index is 10.3. The first-order valence-electron chi connectivity index (χ1n) is 5.77. The Hall–Kier alpha value is -1.77. The highest BCUT2D eigenvalue weighted by Crippen LogP contribution is 2.19. The number of hydrogen-bond donors (Lipinski definition) is 1. The molecule has 0 saturated heterocycles. The molecule has 0 aromatic heterocycles. The predicted octanol–water partition coefficient (Wildman–Crippen LogP) is 3.05. The molecule has 0 aliphatic carbocycles. The van der Waals surface area contributed by atoms with Crippen LogP contribution in [0.4, 0.5) is 0 Å². The van der Waals surface area contributed by atoms with E-state index in [-0.39, 0.29) is 6.42 Å². The fraction of sp³-hybridized carbons (Fsp3) is 0.357. The number of ether oxygens (including phenoxy) is 1. The van der Waals surface area contributed by atoms with E-state index >= 15 is 0 Å². The van der Waals surface area contributed by atoms with Crippen molar-refractivity contribution < 1.29 is 14.6 Å². The lowest BCUT2D eigenvalue weighted by atomic mass is 10.1. The van der Waals surface area contributed by atoms with Gasteiger partial charge in [-0.15, -0.1) is 6.58 Å². The zero-order valence-electron chi connectivity index (χ0n) is 9.89. The molecule has 1 rings (SSSR count). The standard InChI is InChI=1S/C14H18O3/c1-2-7-12-8-3-4-9-13(12)17-11-6-5-10-14(15)16/h2-4,8-9H,1,5-7,10-11H2,(H,15,16). The highest BCUT2D eigenvalue weighted by molar-refractivity contribution is 5.66. The second-order valence-electron chi connectivity index (χ2n) is 3.80. The monoisotopic (exact) mass is 234 g/mol. The molecule has 0 aliphatic heterocycles. The minimum Gasteiger partial charge on any atom is -0.493 e. The Morgan fingerprint density at radius 2 is 2.12 bits per heavy atom.